The Morgan fingerprint density at radius 2 is 2.22 bits per heavy atom. The summed E-state index contributed by atoms with van der Waals surface area (Å²) in [5, 5.41) is 3.76. The summed E-state index contributed by atoms with van der Waals surface area (Å²) in [6.07, 6.45) is 7.40. The number of hydrogen-bond donors (Lipinski definition) is 1. The van der Waals surface area contributed by atoms with Crippen molar-refractivity contribution < 1.29 is 0 Å². The van der Waals surface area contributed by atoms with E-state index in [0.29, 0.717) is 5.54 Å². The Morgan fingerprint density at radius 1 is 1.39 bits per heavy atom. The molecule has 1 saturated carbocycles. The Hall–Kier alpha value is -0.930. The van der Waals surface area contributed by atoms with Crippen LogP contribution in [0.1, 0.15) is 36.9 Å². The number of hydrogen-bond acceptors (Lipinski definition) is 3. The van der Waals surface area contributed by atoms with Gasteiger partial charge in [0.15, 0.2) is 0 Å². The summed E-state index contributed by atoms with van der Waals surface area (Å²) in [5.74, 6) is 0. The third kappa shape index (κ3) is 2.43. The minimum absolute atomic E-state index is 0.418. The summed E-state index contributed by atoms with van der Waals surface area (Å²) in [7, 11) is 0. The van der Waals surface area contributed by atoms with Gasteiger partial charge in [-0.25, -0.2) is 0 Å². The summed E-state index contributed by atoms with van der Waals surface area (Å²) in [6.45, 7) is 6.65. The van der Waals surface area contributed by atoms with Crippen molar-refractivity contribution in [2.75, 3.05) is 19.6 Å². The van der Waals surface area contributed by atoms with Gasteiger partial charge in [0.25, 0.3) is 0 Å². The fourth-order valence-corrected chi connectivity index (χ4v) is 3.46. The molecule has 0 bridgehead atoms. The van der Waals surface area contributed by atoms with Crippen LogP contribution in [0.3, 0.4) is 0 Å². The first-order valence-corrected chi connectivity index (χ1v) is 7.15. The normalized spacial score (nSPS) is 23.6. The van der Waals surface area contributed by atoms with E-state index < -0.39 is 0 Å². The highest BCUT2D eigenvalue weighted by Gasteiger charge is 2.37. The lowest BCUT2D eigenvalue weighted by molar-refractivity contribution is 0.127. The molecule has 0 amide bonds. The molecule has 1 spiro atoms. The summed E-state index contributed by atoms with van der Waals surface area (Å²) in [5.41, 5.74) is 2.98. The molecule has 1 N–H and O–H groups in total. The zero-order valence-electron chi connectivity index (χ0n) is 11.3. The van der Waals surface area contributed by atoms with Crippen molar-refractivity contribution in [2.45, 2.75) is 44.7 Å². The van der Waals surface area contributed by atoms with Gasteiger partial charge in [-0.15, -0.1) is 0 Å². The molecule has 0 unspecified atom stereocenters. The van der Waals surface area contributed by atoms with Gasteiger partial charge < -0.3 is 5.32 Å². The molecule has 1 aromatic rings. The molecule has 1 aromatic heterocycles. The van der Waals surface area contributed by atoms with Crippen molar-refractivity contribution in [1.29, 1.82) is 0 Å². The van der Waals surface area contributed by atoms with Gasteiger partial charge in [0, 0.05) is 37.9 Å². The van der Waals surface area contributed by atoms with E-state index in [9.17, 15) is 0 Å². The average Bonchev–Trinajstić information content (AvgIpc) is 2.80. The molecule has 0 radical (unpaired) electrons. The number of piperazine rings is 1. The van der Waals surface area contributed by atoms with Crippen molar-refractivity contribution in [3.05, 3.63) is 29.6 Å². The van der Waals surface area contributed by atoms with Gasteiger partial charge in [-0.3, -0.25) is 9.88 Å². The number of aromatic nitrogens is 1. The highest BCUT2D eigenvalue weighted by Crippen LogP contribution is 2.32. The van der Waals surface area contributed by atoms with Gasteiger partial charge in [-0.2, -0.15) is 0 Å². The summed E-state index contributed by atoms with van der Waals surface area (Å²) in [4.78, 5) is 7.11. The van der Waals surface area contributed by atoms with Crippen LogP contribution in [-0.2, 0) is 6.54 Å². The van der Waals surface area contributed by atoms with Crippen molar-refractivity contribution in [1.82, 2.24) is 15.2 Å². The minimum Gasteiger partial charge on any atom is -0.309 e. The van der Waals surface area contributed by atoms with Gasteiger partial charge in [-0.1, -0.05) is 18.9 Å². The van der Waals surface area contributed by atoms with Crippen molar-refractivity contribution in [2.24, 2.45) is 0 Å². The summed E-state index contributed by atoms with van der Waals surface area (Å²) < 4.78 is 0. The van der Waals surface area contributed by atoms with Crippen LogP contribution in [0.25, 0.3) is 0 Å². The lowest BCUT2D eigenvalue weighted by atomic mass is 9.94. The Kier molecular flexibility index (Phi) is 3.35. The van der Waals surface area contributed by atoms with Gasteiger partial charge in [0.2, 0.25) is 0 Å². The highest BCUT2D eigenvalue weighted by molar-refractivity contribution is 5.17. The van der Waals surface area contributed by atoms with Crippen molar-refractivity contribution in [3.8, 4) is 0 Å². The molecule has 98 valence electrons. The van der Waals surface area contributed by atoms with Crippen LogP contribution < -0.4 is 5.32 Å². The average molecular weight is 245 g/mol. The molecule has 1 aliphatic carbocycles. The van der Waals surface area contributed by atoms with E-state index in [0.717, 1.165) is 19.6 Å². The second-order valence-corrected chi connectivity index (χ2v) is 5.89. The van der Waals surface area contributed by atoms with E-state index in [1.807, 2.05) is 12.3 Å². The molecule has 3 nitrogen and oxygen atoms in total. The predicted molar refractivity (Wildman–Crippen MR) is 73.5 cm³/mol. The molecule has 0 atom stereocenters. The van der Waals surface area contributed by atoms with Crippen LogP contribution in [-0.4, -0.2) is 35.1 Å². The standard InChI is InChI=1S/C15H23N3/c1-13-5-4-8-16-14(13)11-18-10-9-17-15(12-18)6-2-3-7-15/h4-5,8,17H,2-3,6-7,9-12H2,1H3. The largest absolute Gasteiger partial charge is 0.309 e. The van der Waals surface area contributed by atoms with E-state index >= 15 is 0 Å². The van der Waals surface area contributed by atoms with Crippen LogP contribution in [0.2, 0.25) is 0 Å². The summed E-state index contributed by atoms with van der Waals surface area (Å²) >= 11 is 0. The Labute approximate surface area is 110 Å². The number of aryl methyl sites for hydroxylation is 1. The lowest BCUT2D eigenvalue weighted by Gasteiger charge is -2.41. The fourth-order valence-electron chi connectivity index (χ4n) is 3.46. The van der Waals surface area contributed by atoms with E-state index in [4.69, 9.17) is 0 Å². The molecule has 2 aliphatic rings. The van der Waals surface area contributed by atoms with Gasteiger partial charge >= 0.3 is 0 Å². The topological polar surface area (TPSA) is 28.2 Å². The van der Waals surface area contributed by atoms with Crippen LogP contribution in [0.15, 0.2) is 18.3 Å². The van der Waals surface area contributed by atoms with E-state index in [1.54, 1.807) is 0 Å². The lowest BCUT2D eigenvalue weighted by Crippen LogP contribution is -2.58. The molecule has 2 fully saturated rings. The van der Waals surface area contributed by atoms with E-state index in [1.165, 1.54) is 43.5 Å². The van der Waals surface area contributed by atoms with Gasteiger partial charge in [-0.05, 0) is 31.4 Å². The second kappa shape index (κ2) is 4.98. The first-order chi connectivity index (χ1) is 8.77. The molecule has 1 aliphatic heterocycles. The van der Waals surface area contributed by atoms with Crippen LogP contribution in [0, 0.1) is 6.92 Å². The third-order valence-corrected chi connectivity index (χ3v) is 4.51. The molecule has 0 aromatic carbocycles. The van der Waals surface area contributed by atoms with E-state index in [2.05, 4.69) is 28.2 Å². The smallest absolute Gasteiger partial charge is 0.0573 e. The zero-order valence-corrected chi connectivity index (χ0v) is 11.3. The molecule has 3 heteroatoms. The van der Waals surface area contributed by atoms with Gasteiger partial charge in [0.05, 0.1) is 5.69 Å². The predicted octanol–water partition coefficient (Wildman–Crippen LogP) is 2.11. The Bertz CT molecular complexity index is 410. The number of nitrogens with one attached hydrogen (secondary N) is 1. The molecule has 2 heterocycles. The Balaban J connectivity index is 1.68. The maximum absolute atomic E-state index is 4.53. The minimum atomic E-state index is 0.418. The van der Waals surface area contributed by atoms with Crippen LogP contribution in [0.5, 0.6) is 0 Å². The fraction of sp³-hybridized carbons (Fsp3) is 0.667. The van der Waals surface area contributed by atoms with Crippen molar-refractivity contribution >= 4 is 0 Å². The van der Waals surface area contributed by atoms with E-state index in [-0.39, 0.29) is 0 Å². The number of rotatable bonds is 2. The highest BCUT2D eigenvalue weighted by atomic mass is 15.2. The summed E-state index contributed by atoms with van der Waals surface area (Å²) in [6, 6.07) is 4.19. The maximum atomic E-state index is 4.53. The molecular weight excluding hydrogens is 222 g/mol. The first-order valence-electron chi connectivity index (χ1n) is 7.15. The molecule has 18 heavy (non-hydrogen) atoms. The molecular formula is C15H23N3. The first kappa shape index (κ1) is 12.1. The van der Waals surface area contributed by atoms with Gasteiger partial charge in [0.1, 0.15) is 0 Å². The molecule has 3 rings (SSSR count). The monoisotopic (exact) mass is 245 g/mol. The van der Waals surface area contributed by atoms with Crippen LogP contribution in [0.4, 0.5) is 0 Å². The zero-order chi connectivity index (χ0) is 12.4. The van der Waals surface area contributed by atoms with Crippen molar-refractivity contribution in [3.63, 3.8) is 0 Å². The number of nitrogens with zero attached hydrogens (tertiary/aromatic N) is 2. The number of pyridine rings is 1. The molecule has 1 saturated heterocycles. The maximum Gasteiger partial charge on any atom is 0.0573 e. The third-order valence-electron chi connectivity index (χ3n) is 4.51. The Morgan fingerprint density at radius 3 is 3.00 bits per heavy atom. The SMILES string of the molecule is Cc1cccnc1CN1CCNC2(CCCC2)C1. The second-order valence-electron chi connectivity index (χ2n) is 5.89. The quantitative estimate of drug-likeness (QED) is 0.865. The van der Waals surface area contributed by atoms with Crippen LogP contribution >= 0.6 is 0 Å².